The Kier molecular flexibility index (Phi) is 3.88. The van der Waals surface area contributed by atoms with E-state index in [1.807, 2.05) is 24.3 Å². The van der Waals surface area contributed by atoms with Gasteiger partial charge in [-0.1, -0.05) is 37.5 Å². The lowest BCUT2D eigenvalue weighted by atomic mass is 9.85. The number of carbonyl (C=O) groups is 1. The molecule has 1 aromatic carbocycles. The van der Waals surface area contributed by atoms with Crippen LogP contribution in [-0.2, 0) is 0 Å². The number of hydrogen-bond donors (Lipinski definition) is 2. The molecule has 2 N–H and O–H groups in total. The van der Waals surface area contributed by atoms with Crippen molar-refractivity contribution in [2.45, 2.75) is 37.7 Å². The van der Waals surface area contributed by atoms with Gasteiger partial charge in [-0.2, -0.15) is 0 Å². The molecule has 1 amide bonds. The van der Waals surface area contributed by atoms with Crippen LogP contribution in [0.3, 0.4) is 0 Å². The second kappa shape index (κ2) is 5.82. The summed E-state index contributed by atoms with van der Waals surface area (Å²) >= 11 is 0. The Morgan fingerprint density at radius 2 is 1.95 bits per heavy atom. The largest absolute Gasteiger partial charge is 0.388 e. The van der Waals surface area contributed by atoms with Gasteiger partial charge >= 0.3 is 0 Å². The van der Waals surface area contributed by atoms with Crippen molar-refractivity contribution < 1.29 is 9.90 Å². The summed E-state index contributed by atoms with van der Waals surface area (Å²) in [6, 6.07) is 9.31. The highest BCUT2D eigenvalue weighted by atomic mass is 16.3. The molecule has 110 valence electrons. The second-order valence-corrected chi connectivity index (χ2v) is 5.84. The van der Waals surface area contributed by atoms with Crippen LogP contribution in [0.2, 0.25) is 0 Å². The van der Waals surface area contributed by atoms with Crippen LogP contribution in [0, 0.1) is 0 Å². The predicted octanol–water partition coefficient (Wildman–Crippen LogP) is 2.66. The highest BCUT2D eigenvalue weighted by Gasteiger charge is 2.29. The third-order valence-corrected chi connectivity index (χ3v) is 4.26. The molecule has 1 aromatic heterocycles. The van der Waals surface area contributed by atoms with E-state index in [2.05, 4.69) is 10.3 Å². The van der Waals surface area contributed by atoms with Crippen LogP contribution in [-0.4, -0.2) is 28.1 Å². The average molecular weight is 284 g/mol. The van der Waals surface area contributed by atoms with E-state index in [1.165, 1.54) is 6.42 Å². The third kappa shape index (κ3) is 3.05. The summed E-state index contributed by atoms with van der Waals surface area (Å²) in [6.07, 6.45) is 6.42. The summed E-state index contributed by atoms with van der Waals surface area (Å²) < 4.78 is 0. The molecule has 4 heteroatoms. The summed E-state index contributed by atoms with van der Waals surface area (Å²) in [4.78, 5) is 16.7. The molecule has 21 heavy (non-hydrogen) atoms. The Bertz CT molecular complexity index is 643. The number of nitrogens with one attached hydrogen (secondary N) is 1. The van der Waals surface area contributed by atoms with E-state index in [1.54, 1.807) is 12.3 Å². The lowest BCUT2D eigenvalue weighted by Crippen LogP contribution is -2.44. The number of fused-ring (bicyclic) bond motifs is 1. The summed E-state index contributed by atoms with van der Waals surface area (Å²) in [5.74, 6) is -0.146. The molecule has 0 spiro atoms. The number of amides is 1. The molecule has 2 aromatic rings. The van der Waals surface area contributed by atoms with Crippen LogP contribution in [0.5, 0.6) is 0 Å². The maximum absolute atomic E-state index is 12.4. The highest BCUT2D eigenvalue weighted by Crippen LogP contribution is 2.27. The molecule has 4 nitrogen and oxygen atoms in total. The first-order valence-electron chi connectivity index (χ1n) is 7.52. The smallest absolute Gasteiger partial charge is 0.252 e. The standard InChI is InChI=1S/C17H20N2O2/c20-16(19-12-17(21)9-4-1-5-10-17)14-8-11-18-15-7-3-2-6-13(14)15/h2-3,6-8,11,21H,1,4-5,9-10,12H2,(H,19,20). The van der Waals surface area contributed by atoms with Crippen LogP contribution in [0.25, 0.3) is 10.9 Å². The number of para-hydroxylation sites is 1. The van der Waals surface area contributed by atoms with Crippen LogP contribution < -0.4 is 5.32 Å². The zero-order chi connectivity index (χ0) is 14.7. The number of rotatable bonds is 3. The first-order chi connectivity index (χ1) is 10.2. The van der Waals surface area contributed by atoms with Crippen molar-refractivity contribution in [3.63, 3.8) is 0 Å². The minimum atomic E-state index is -0.739. The number of hydrogen-bond acceptors (Lipinski definition) is 3. The van der Waals surface area contributed by atoms with Gasteiger partial charge in [-0.15, -0.1) is 0 Å². The zero-order valence-corrected chi connectivity index (χ0v) is 12.0. The fourth-order valence-corrected chi connectivity index (χ4v) is 3.02. The number of aromatic nitrogens is 1. The molecular formula is C17H20N2O2. The molecule has 0 saturated heterocycles. The van der Waals surface area contributed by atoms with Gasteiger partial charge in [0.25, 0.3) is 5.91 Å². The van der Waals surface area contributed by atoms with Crippen molar-refractivity contribution in [3.8, 4) is 0 Å². The van der Waals surface area contributed by atoms with Crippen LogP contribution >= 0.6 is 0 Å². The third-order valence-electron chi connectivity index (χ3n) is 4.26. The van der Waals surface area contributed by atoms with E-state index >= 15 is 0 Å². The maximum Gasteiger partial charge on any atom is 0.252 e. The molecule has 1 aliphatic rings. The Labute approximate surface area is 124 Å². The van der Waals surface area contributed by atoms with E-state index in [9.17, 15) is 9.90 Å². The Hall–Kier alpha value is -1.94. The van der Waals surface area contributed by atoms with Gasteiger partial charge in [0, 0.05) is 18.1 Å². The quantitative estimate of drug-likeness (QED) is 0.911. The minimum Gasteiger partial charge on any atom is -0.388 e. The summed E-state index contributed by atoms with van der Waals surface area (Å²) in [7, 11) is 0. The van der Waals surface area contributed by atoms with Gasteiger partial charge in [-0.3, -0.25) is 9.78 Å². The molecule has 3 rings (SSSR count). The van der Waals surface area contributed by atoms with Crippen LogP contribution in [0.1, 0.15) is 42.5 Å². The topological polar surface area (TPSA) is 62.2 Å². The molecule has 1 heterocycles. The van der Waals surface area contributed by atoms with Gasteiger partial charge in [-0.25, -0.2) is 0 Å². The lowest BCUT2D eigenvalue weighted by Gasteiger charge is -2.32. The van der Waals surface area contributed by atoms with Crippen molar-refractivity contribution in [2.24, 2.45) is 0 Å². The Morgan fingerprint density at radius 1 is 1.19 bits per heavy atom. The fourth-order valence-electron chi connectivity index (χ4n) is 3.02. The average Bonchev–Trinajstić information content (AvgIpc) is 2.53. The maximum atomic E-state index is 12.4. The van der Waals surface area contributed by atoms with Gasteiger partial charge in [0.05, 0.1) is 16.7 Å². The predicted molar refractivity (Wildman–Crippen MR) is 82.1 cm³/mol. The van der Waals surface area contributed by atoms with Crippen molar-refractivity contribution in [1.29, 1.82) is 0 Å². The van der Waals surface area contributed by atoms with Crippen LogP contribution in [0.15, 0.2) is 36.5 Å². The molecule has 0 unspecified atom stereocenters. The van der Waals surface area contributed by atoms with E-state index in [0.717, 1.165) is 36.6 Å². The van der Waals surface area contributed by atoms with E-state index in [0.29, 0.717) is 12.1 Å². The minimum absolute atomic E-state index is 0.146. The first-order valence-corrected chi connectivity index (χ1v) is 7.52. The van der Waals surface area contributed by atoms with Crippen molar-refractivity contribution in [3.05, 3.63) is 42.1 Å². The zero-order valence-electron chi connectivity index (χ0n) is 12.0. The van der Waals surface area contributed by atoms with Gasteiger partial charge in [-0.05, 0) is 25.0 Å². The molecule has 1 saturated carbocycles. The van der Waals surface area contributed by atoms with E-state index in [-0.39, 0.29) is 5.91 Å². The van der Waals surface area contributed by atoms with Gasteiger partial charge < -0.3 is 10.4 Å². The molecule has 0 bridgehead atoms. The van der Waals surface area contributed by atoms with Gasteiger partial charge in [0.15, 0.2) is 0 Å². The summed E-state index contributed by atoms with van der Waals surface area (Å²) in [5, 5.41) is 14.2. The van der Waals surface area contributed by atoms with Gasteiger partial charge in [0.1, 0.15) is 0 Å². The molecule has 0 atom stereocenters. The van der Waals surface area contributed by atoms with Crippen molar-refractivity contribution >= 4 is 16.8 Å². The fraction of sp³-hybridized carbons (Fsp3) is 0.412. The van der Waals surface area contributed by atoms with Crippen molar-refractivity contribution in [2.75, 3.05) is 6.54 Å². The monoisotopic (exact) mass is 284 g/mol. The highest BCUT2D eigenvalue weighted by molar-refractivity contribution is 6.05. The SMILES string of the molecule is O=C(NCC1(O)CCCCC1)c1ccnc2ccccc12. The normalized spacial score (nSPS) is 17.6. The van der Waals surface area contributed by atoms with Gasteiger partial charge in [0.2, 0.25) is 0 Å². The molecule has 0 aliphatic heterocycles. The first kappa shape index (κ1) is 14.0. The number of aliphatic hydroxyl groups is 1. The summed E-state index contributed by atoms with van der Waals surface area (Å²) in [6.45, 7) is 0.322. The van der Waals surface area contributed by atoms with E-state index in [4.69, 9.17) is 0 Å². The number of pyridine rings is 1. The number of benzene rings is 1. The molecular weight excluding hydrogens is 264 g/mol. The molecule has 1 fully saturated rings. The number of carbonyl (C=O) groups excluding carboxylic acids is 1. The summed E-state index contributed by atoms with van der Waals surface area (Å²) in [5.41, 5.74) is 0.679. The number of nitrogens with zero attached hydrogens (tertiary/aromatic N) is 1. The van der Waals surface area contributed by atoms with Crippen LogP contribution in [0.4, 0.5) is 0 Å². The van der Waals surface area contributed by atoms with E-state index < -0.39 is 5.60 Å². The second-order valence-electron chi connectivity index (χ2n) is 5.84. The molecule has 0 radical (unpaired) electrons. The Balaban J connectivity index is 1.75. The lowest BCUT2D eigenvalue weighted by molar-refractivity contribution is 0.00527. The van der Waals surface area contributed by atoms with Crippen molar-refractivity contribution in [1.82, 2.24) is 10.3 Å². The molecule has 1 aliphatic carbocycles. The Morgan fingerprint density at radius 3 is 2.76 bits per heavy atom.